The van der Waals surface area contributed by atoms with Crippen LogP contribution in [0.3, 0.4) is 0 Å². The number of fused-ring (bicyclic) bond motifs is 3. The number of aromatic amines is 2. The fourth-order valence-corrected chi connectivity index (χ4v) is 1.96. The molecule has 3 rings (SSSR count). The minimum atomic E-state index is -0.966. The molecular formula is C9H8N4O2. The van der Waals surface area contributed by atoms with Crippen molar-refractivity contribution in [2.45, 2.75) is 12.8 Å². The smallest absolute Gasteiger partial charge is 0.354 e. The Labute approximate surface area is 84.3 Å². The Kier molecular flexibility index (Phi) is 1.47. The second-order valence-corrected chi connectivity index (χ2v) is 3.50. The van der Waals surface area contributed by atoms with Gasteiger partial charge in [0.1, 0.15) is 11.4 Å². The van der Waals surface area contributed by atoms with Gasteiger partial charge >= 0.3 is 5.97 Å². The normalized spacial score (nSPS) is 13.3. The standard InChI is InChI=1S/C9H8N4O2/c14-9(15)8-5-2-1-4-3-10-11-6(4)7(5)12-13-8/h3H,1-2H2,(H,10,11)(H,12,13)(H,14,15). The lowest BCUT2D eigenvalue weighted by molar-refractivity contribution is 0.0689. The average Bonchev–Trinajstić information content (AvgIpc) is 2.82. The number of hydrogen-bond acceptors (Lipinski definition) is 3. The lowest BCUT2D eigenvalue weighted by Crippen LogP contribution is -2.06. The quantitative estimate of drug-likeness (QED) is 0.633. The second kappa shape index (κ2) is 2.69. The molecule has 0 aromatic carbocycles. The maximum Gasteiger partial charge on any atom is 0.354 e. The van der Waals surface area contributed by atoms with E-state index >= 15 is 0 Å². The predicted octanol–water partition coefficient (Wildman–Crippen LogP) is 0.597. The summed E-state index contributed by atoms with van der Waals surface area (Å²) >= 11 is 0. The van der Waals surface area contributed by atoms with E-state index in [-0.39, 0.29) is 5.69 Å². The van der Waals surface area contributed by atoms with Crippen molar-refractivity contribution in [2.24, 2.45) is 0 Å². The van der Waals surface area contributed by atoms with Gasteiger partial charge < -0.3 is 5.11 Å². The molecule has 6 heteroatoms. The summed E-state index contributed by atoms with van der Waals surface area (Å²) in [4.78, 5) is 10.9. The molecule has 2 aromatic heterocycles. The molecule has 3 N–H and O–H groups in total. The molecule has 1 aliphatic rings. The number of aromatic nitrogens is 4. The van der Waals surface area contributed by atoms with E-state index in [1.54, 1.807) is 6.20 Å². The maximum atomic E-state index is 10.9. The number of carboxylic acid groups (broad SMARTS) is 1. The van der Waals surface area contributed by atoms with Crippen LogP contribution >= 0.6 is 0 Å². The van der Waals surface area contributed by atoms with Gasteiger partial charge in [0.25, 0.3) is 0 Å². The van der Waals surface area contributed by atoms with Gasteiger partial charge in [-0.1, -0.05) is 0 Å². The van der Waals surface area contributed by atoms with E-state index in [0.29, 0.717) is 12.1 Å². The molecule has 76 valence electrons. The molecule has 0 radical (unpaired) electrons. The van der Waals surface area contributed by atoms with Crippen LogP contribution in [0.4, 0.5) is 0 Å². The zero-order valence-corrected chi connectivity index (χ0v) is 7.74. The molecule has 0 unspecified atom stereocenters. The Balaban J connectivity index is 2.23. The number of carboxylic acids is 1. The molecule has 6 nitrogen and oxygen atoms in total. The summed E-state index contributed by atoms with van der Waals surface area (Å²) in [5.74, 6) is -0.966. The zero-order chi connectivity index (χ0) is 10.4. The number of nitrogens with one attached hydrogen (secondary N) is 2. The number of H-pyrrole nitrogens is 2. The molecule has 0 spiro atoms. The Hall–Kier alpha value is -2.11. The first-order chi connectivity index (χ1) is 7.27. The summed E-state index contributed by atoms with van der Waals surface area (Å²) in [7, 11) is 0. The fraction of sp³-hybridized carbons (Fsp3) is 0.222. The van der Waals surface area contributed by atoms with Crippen molar-refractivity contribution in [2.75, 3.05) is 0 Å². The lowest BCUT2D eigenvalue weighted by Gasteiger charge is -2.09. The van der Waals surface area contributed by atoms with Crippen LogP contribution in [0, 0.1) is 0 Å². The summed E-state index contributed by atoms with van der Waals surface area (Å²) in [5, 5.41) is 22.3. The second-order valence-electron chi connectivity index (χ2n) is 3.50. The van der Waals surface area contributed by atoms with Gasteiger partial charge in [0.15, 0.2) is 0 Å². The number of aromatic carboxylic acids is 1. The molecule has 0 bridgehead atoms. The lowest BCUT2D eigenvalue weighted by atomic mass is 9.94. The highest BCUT2D eigenvalue weighted by molar-refractivity contribution is 5.90. The third-order valence-corrected chi connectivity index (χ3v) is 2.68. The van der Waals surface area contributed by atoms with Gasteiger partial charge in [-0.25, -0.2) is 4.79 Å². The molecule has 0 amide bonds. The minimum absolute atomic E-state index is 0.185. The van der Waals surface area contributed by atoms with Crippen LogP contribution in [0.5, 0.6) is 0 Å². The Bertz CT molecular complexity index is 540. The first kappa shape index (κ1) is 8.22. The van der Waals surface area contributed by atoms with E-state index in [1.807, 2.05) is 0 Å². The van der Waals surface area contributed by atoms with Crippen molar-refractivity contribution in [3.05, 3.63) is 23.0 Å². The topological polar surface area (TPSA) is 94.7 Å². The van der Waals surface area contributed by atoms with Crippen LogP contribution < -0.4 is 0 Å². The van der Waals surface area contributed by atoms with Gasteiger partial charge in [-0.15, -0.1) is 0 Å². The highest BCUT2D eigenvalue weighted by Gasteiger charge is 2.25. The number of nitrogens with zero attached hydrogens (tertiary/aromatic N) is 2. The molecule has 2 heterocycles. The third kappa shape index (κ3) is 1.01. The van der Waals surface area contributed by atoms with Crippen LogP contribution in [0.2, 0.25) is 0 Å². The number of hydrogen-bond donors (Lipinski definition) is 3. The minimum Gasteiger partial charge on any atom is -0.477 e. The van der Waals surface area contributed by atoms with Gasteiger partial charge in [0.2, 0.25) is 0 Å². The van der Waals surface area contributed by atoms with Gasteiger partial charge in [0, 0.05) is 5.56 Å². The molecule has 0 atom stereocenters. The summed E-state index contributed by atoms with van der Waals surface area (Å²) in [6.07, 6.45) is 3.26. The van der Waals surface area contributed by atoms with Gasteiger partial charge in [0.05, 0.1) is 11.9 Å². The van der Waals surface area contributed by atoms with E-state index in [1.165, 1.54) is 0 Å². The zero-order valence-electron chi connectivity index (χ0n) is 7.74. The number of aryl methyl sites for hydroxylation is 1. The third-order valence-electron chi connectivity index (χ3n) is 2.68. The van der Waals surface area contributed by atoms with Crippen molar-refractivity contribution >= 4 is 5.97 Å². The molecule has 2 aromatic rings. The SMILES string of the molecule is O=C(O)c1[nH]nc2c1CCc1cn[nH]c1-2. The van der Waals surface area contributed by atoms with Gasteiger partial charge in [-0.3, -0.25) is 10.2 Å². The molecule has 0 aliphatic heterocycles. The molecule has 15 heavy (non-hydrogen) atoms. The van der Waals surface area contributed by atoms with Crippen molar-refractivity contribution in [1.29, 1.82) is 0 Å². The summed E-state index contributed by atoms with van der Waals surface area (Å²) in [5.41, 5.74) is 3.56. The van der Waals surface area contributed by atoms with Crippen LogP contribution in [-0.4, -0.2) is 31.5 Å². The van der Waals surface area contributed by atoms with E-state index in [9.17, 15) is 4.79 Å². The van der Waals surface area contributed by atoms with E-state index in [2.05, 4.69) is 20.4 Å². The van der Waals surface area contributed by atoms with Crippen LogP contribution in [0.25, 0.3) is 11.4 Å². The average molecular weight is 204 g/mol. The van der Waals surface area contributed by atoms with Gasteiger partial charge in [-0.05, 0) is 18.4 Å². The predicted molar refractivity (Wildman–Crippen MR) is 50.5 cm³/mol. The Morgan fingerprint density at radius 3 is 3.07 bits per heavy atom. The van der Waals surface area contributed by atoms with E-state index in [0.717, 1.165) is 23.2 Å². The van der Waals surface area contributed by atoms with E-state index in [4.69, 9.17) is 5.11 Å². The molecule has 0 saturated carbocycles. The van der Waals surface area contributed by atoms with Crippen molar-refractivity contribution in [1.82, 2.24) is 20.4 Å². The fourth-order valence-electron chi connectivity index (χ4n) is 1.96. The Morgan fingerprint density at radius 1 is 1.40 bits per heavy atom. The van der Waals surface area contributed by atoms with Gasteiger partial charge in [-0.2, -0.15) is 10.2 Å². The molecule has 0 saturated heterocycles. The molecule has 1 aliphatic carbocycles. The van der Waals surface area contributed by atoms with Crippen LogP contribution in [-0.2, 0) is 12.8 Å². The molecular weight excluding hydrogens is 196 g/mol. The largest absolute Gasteiger partial charge is 0.477 e. The first-order valence-electron chi connectivity index (χ1n) is 4.60. The highest BCUT2D eigenvalue weighted by Crippen LogP contribution is 2.31. The van der Waals surface area contributed by atoms with Crippen LogP contribution in [0.15, 0.2) is 6.20 Å². The summed E-state index contributed by atoms with van der Waals surface area (Å²) in [6.45, 7) is 0. The number of rotatable bonds is 1. The Morgan fingerprint density at radius 2 is 2.27 bits per heavy atom. The van der Waals surface area contributed by atoms with Crippen molar-refractivity contribution in [3.63, 3.8) is 0 Å². The first-order valence-corrected chi connectivity index (χ1v) is 4.60. The highest BCUT2D eigenvalue weighted by atomic mass is 16.4. The number of carbonyl (C=O) groups is 1. The van der Waals surface area contributed by atoms with Crippen molar-refractivity contribution < 1.29 is 9.90 Å². The van der Waals surface area contributed by atoms with E-state index < -0.39 is 5.97 Å². The van der Waals surface area contributed by atoms with Crippen molar-refractivity contribution in [3.8, 4) is 11.4 Å². The summed E-state index contributed by atoms with van der Waals surface area (Å²) < 4.78 is 0. The summed E-state index contributed by atoms with van der Waals surface area (Å²) in [6, 6.07) is 0. The van der Waals surface area contributed by atoms with Crippen LogP contribution in [0.1, 0.15) is 21.6 Å². The monoisotopic (exact) mass is 204 g/mol. The maximum absolute atomic E-state index is 10.9. The molecule has 0 fully saturated rings.